The van der Waals surface area contributed by atoms with Crippen molar-refractivity contribution in [2.24, 2.45) is 7.05 Å². The van der Waals surface area contributed by atoms with Gasteiger partial charge in [-0.15, -0.1) is 11.3 Å². The highest BCUT2D eigenvalue weighted by Crippen LogP contribution is 2.17. The quantitative estimate of drug-likeness (QED) is 0.841. The summed E-state index contributed by atoms with van der Waals surface area (Å²) in [7, 11) is 2.08. The second kappa shape index (κ2) is 5.32. The average molecular weight is 234 g/mol. The largest absolute Gasteiger partial charge is 0.353 e. The number of thiophene rings is 1. The van der Waals surface area contributed by atoms with Gasteiger partial charge in [-0.25, -0.2) is 0 Å². The molecular weight excluding hydrogens is 216 g/mol. The summed E-state index contributed by atoms with van der Waals surface area (Å²) >= 11 is 1.85. The van der Waals surface area contributed by atoms with Crippen molar-refractivity contribution < 1.29 is 0 Å². The van der Waals surface area contributed by atoms with Crippen LogP contribution in [0.2, 0.25) is 0 Å². The van der Waals surface area contributed by atoms with Gasteiger partial charge in [0.2, 0.25) is 0 Å². The zero-order valence-electron chi connectivity index (χ0n) is 9.86. The summed E-state index contributed by atoms with van der Waals surface area (Å²) in [5.41, 5.74) is 2.80. The summed E-state index contributed by atoms with van der Waals surface area (Å²) in [6.07, 6.45) is 3.21. The average Bonchev–Trinajstić information content (AvgIpc) is 2.88. The van der Waals surface area contributed by atoms with Crippen LogP contribution in [0.3, 0.4) is 0 Å². The van der Waals surface area contributed by atoms with Crippen LogP contribution in [0.4, 0.5) is 0 Å². The first-order chi connectivity index (χ1) is 7.81. The Hall–Kier alpha value is -1.06. The second-order valence-corrected chi connectivity index (χ2v) is 4.94. The first-order valence-corrected chi connectivity index (χ1v) is 6.55. The van der Waals surface area contributed by atoms with Gasteiger partial charge in [0.15, 0.2) is 0 Å². The standard InChI is InChI=1S/C13H18N2S/c1-3-11-6-8-16-13(11)10-14-9-12-5-4-7-15(12)2/h4-8,14H,3,9-10H2,1-2H3. The van der Waals surface area contributed by atoms with Gasteiger partial charge < -0.3 is 9.88 Å². The number of aryl methyl sites for hydroxylation is 2. The zero-order valence-corrected chi connectivity index (χ0v) is 10.7. The van der Waals surface area contributed by atoms with Crippen molar-refractivity contribution in [3.63, 3.8) is 0 Å². The molecule has 1 N–H and O–H groups in total. The van der Waals surface area contributed by atoms with Crippen molar-refractivity contribution >= 4 is 11.3 Å². The van der Waals surface area contributed by atoms with Crippen molar-refractivity contribution in [2.45, 2.75) is 26.4 Å². The van der Waals surface area contributed by atoms with E-state index >= 15 is 0 Å². The summed E-state index contributed by atoms with van der Waals surface area (Å²) in [6, 6.07) is 6.46. The highest BCUT2D eigenvalue weighted by molar-refractivity contribution is 7.10. The number of hydrogen-bond acceptors (Lipinski definition) is 2. The minimum Gasteiger partial charge on any atom is -0.353 e. The number of nitrogens with zero attached hydrogens (tertiary/aromatic N) is 1. The molecule has 2 aromatic rings. The molecule has 3 heteroatoms. The lowest BCUT2D eigenvalue weighted by Gasteiger charge is -2.06. The summed E-state index contributed by atoms with van der Waals surface area (Å²) < 4.78 is 2.15. The maximum absolute atomic E-state index is 3.50. The Balaban J connectivity index is 1.87. The Morgan fingerprint density at radius 1 is 1.31 bits per heavy atom. The molecule has 2 rings (SSSR count). The van der Waals surface area contributed by atoms with E-state index < -0.39 is 0 Å². The molecule has 0 aliphatic heterocycles. The molecule has 0 aliphatic rings. The number of rotatable bonds is 5. The summed E-state index contributed by atoms with van der Waals surface area (Å²) in [6.45, 7) is 4.12. The third kappa shape index (κ3) is 2.54. The molecule has 0 aliphatic carbocycles. The Kier molecular flexibility index (Phi) is 3.80. The van der Waals surface area contributed by atoms with Crippen LogP contribution in [0, 0.1) is 0 Å². The van der Waals surface area contributed by atoms with Crippen LogP contribution in [0.15, 0.2) is 29.8 Å². The van der Waals surface area contributed by atoms with Crippen LogP contribution < -0.4 is 5.32 Å². The summed E-state index contributed by atoms with van der Waals surface area (Å²) in [4.78, 5) is 1.47. The SMILES string of the molecule is CCc1ccsc1CNCc1cccn1C. The molecule has 0 unspecified atom stereocenters. The normalized spacial score (nSPS) is 10.9. The maximum Gasteiger partial charge on any atom is 0.0362 e. The lowest BCUT2D eigenvalue weighted by atomic mass is 10.2. The molecule has 0 saturated carbocycles. The van der Waals surface area contributed by atoms with E-state index in [1.165, 1.54) is 16.1 Å². The molecule has 86 valence electrons. The molecule has 2 nitrogen and oxygen atoms in total. The Morgan fingerprint density at radius 2 is 2.19 bits per heavy atom. The van der Waals surface area contributed by atoms with E-state index in [1.807, 2.05) is 11.3 Å². The van der Waals surface area contributed by atoms with Gasteiger partial charge in [0.1, 0.15) is 0 Å². The van der Waals surface area contributed by atoms with Gasteiger partial charge in [0.25, 0.3) is 0 Å². The van der Waals surface area contributed by atoms with E-state index in [2.05, 4.69) is 53.6 Å². The molecule has 16 heavy (non-hydrogen) atoms. The van der Waals surface area contributed by atoms with E-state index in [9.17, 15) is 0 Å². The maximum atomic E-state index is 3.50. The fraction of sp³-hybridized carbons (Fsp3) is 0.385. The topological polar surface area (TPSA) is 17.0 Å². The van der Waals surface area contributed by atoms with Gasteiger partial charge in [0.05, 0.1) is 0 Å². The molecule has 2 aromatic heterocycles. The highest BCUT2D eigenvalue weighted by Gasteiger charge is 2.02. The lowest BCUT2D eigenvalue weighted by Crippen LogP contribution is -2.14. The van der Waals surface area contributed by atoms with E-state index in [0.29, 0.717) is 0 Å². The van der Waals surface area contributed by atoms with E-state index in [1.54, 1.807) is 0 Å². The predicted molar refractivity (Wildman–Crippen MR) is 69.7 cm³/mol. The third-order valence-corrected chi connectivity index (χ3v) is 3.82. The monoisotopic (exact) mass is 234 g/mol. The van der Waals surface area contributed by atoms with E-state index in [0.717, 1.165) is 19.5 Å². The van der Waals surface area contributed by atoms with Crippen LogP contribution >= 0.6 is 11.3 Å². The molecule has 0 amide bonds. The number of hydrogen-bond donors (Lipinski definition) is 1. The van der Waals surface area contributed by atoms with E-state index in [4.69, 9.17) is 0 Å². The molecule has 0 aromatic carbocycles. The molecule has 0 atom stereocenters. The van der Waals surface area contributed by atoms with Gasteiger partial charge in [-0.1, -0.05) is 6.92 Å². The predicted octanol–water partition coefficient (Wildman–Crippen LogP) is 2.94. The van der Waals surface area contributed by atoms with Crippen molar-refractivity contribution in [3.8, 4) is 0 Å². The smallest absolute Gasteiger partial charge is 0.0362 e. The number of nitrogens with one attached hydrogen (secondary N) is 1. The molecule has 0 radical (unpaired) electrons. The van der Waals surface area contributed by atoms with Crippen molar-refractivity contribution in [1.29, 1.82) is 0 Å². The second-order valence-electron chi connectivity index (χ2n) is 3.94. The molecule has 0 saturated heterocycles. The molecule has 0 fully saturated rings. The first kappa shape index (κ1) is 11.4. The summed E-state index contributed by atoms with van der Waals surface area (Å²) in [5.74, 6) is 0. The highest BCUT2D eigenvalue weighted by atomic mass is 32.1. The van der Waals surface area contributed by atoms with Gasteiger partial charge >= 0.3 is 0 Å². The van der Waals surface area contributed by atoms with Crippen LogP contribution in [-0.4, -0.2) is 4.57 Å². The number of aromatic nitrogens is 1. The summed E-state index contributed by atoms with van der Waals surface area (Å²) in [5, 5.41) is 5.67. The van der Waals surface area contributed by atoms with Crippen LogP contribution in [-0.2, 0) is 26.6 Å². The Morgan fingerprint density at radius 3 is 2.88 bits per heavy atom. The van der Waals surface area contributed by atoms with Crippen LogP contribution in [0.1, 0.15) is 23.1 Å². The van der Waals surface area contributed by atoms with Gasteiger partial charge in [-0.3, -0.25) is 0 Å². The lowest BCUT2D eigenvalue weighted by molar-refractivity contribution is 0.658. The molecule has 2 heterocycles. The minimum absolute atomic E-state index is 0.935. The minimum atomic E-state index is 0.935. The van der Waals surface area contributed by atoms with Crippen LogP contribution in [0.25, 0.3) is 0 Å². The molecule has 0 spiro atoms. The molecular formula is C13H18N2S. The van der Waals surface area contributed by atoms with Crippen LogP contribution in [0.5, 0.6) is 0 Å². The van der Waals surface area contributed by atoms with Gasteiger partial charge in [-0.05, 0) is 35.6 Å². The fourth-order valence-electron chi connectivity index (χ4n) is 1.82. The zero-order chi connectivity index (χ0) is 11.4. The Labute approximate surface area is 101 Å². The third-order valence-electron chi connectivity index (χ3n) is 2.86. The fourth-order valence-corrected chi connectivity index (χ4v) is 2.77. The molecule has 0 bridgehead atoms. The van der Waals surface area contributed by atoms with E-state index in [-0.39, 0.29) is 0 Å². The van der Waals surface area contributed by atoms with Gasteiger partial charge in [0, 0.05) is 36.9 Å². The van der Waals surface area contributed by atoms with Crippen molar-refractivity contribution in [2.75, 3.05) is 0 Å². The Bertz CT molecular complexity index is 442. The van der Waals surface area contributed by atoms with Crippen molar-refractivity contribution in [3.05, 3.63) is 45.9 Å². The van der Waals surface area contributed by atoms with Gasteiger partial charge in [-0.2, -0.15) is 0 Å². The van der Waals surface area contributed by atoms with Crippen molar-refractivity contribution in [1.82, 2.24) is 9.88 Å². The first-order valence-electron chi connectivity index (χ1n) is 5.67.